The van der Waals surface area contributed by atoms with Crippen LogP contribution in [0.4, 0.5) is 0 Å². The van der Waals surface area contributed by atoms with Crippen LogP contribution in [-0.4, -0.2) is 11.9 Å². The van der Waals surface area contributed by atoms with E-state index in [0.717, 1.165) is 25.7 Å². The Labute approximate surface area is 149 Å². The minimum absolute atomic E-state index is 0.158. The largest absolute Gasteiger partial charge is 0.393 e. The molecule has 0 aliphatic heterocycles. The van der Waals surface area contributed by atoms with Crippen molar-refractivity contribution in [3.63, 3.8) is 0 Å². The van der Waals surface area contributed by atoms with E-state index < -0.39 is 0 Å². The topological polar surface area (TPSA) is 43.4 Å². The first-order chi connectivity index (χ1) is 11.6. The van der Waals surface area contributed by atoms with Gasteiger partial charge in [0.2, 0.25) is 0 Å². The van der Waals surface area contributed by atoms with E-state index in [2.05, 4.69) is 13.8 Å². The highest BCUT2D eigenvalue weighted by atomic mass is 16.6. The fraction of sp³-hybridized carbons (Fsp3) is 0.905. The van der Waals surface area contributed by atoms with Crippen LogP contribution in [0.15, 0.2) is 0 Å². The van der Waals surface area contributed by atoms with E-state index in [9.17, 15) is 9.59 Å². The van der Waals surface area contributed by atoms with Gasteiger partial charge in [-0.1, -0.05) is 97.8 Å². The Morgan fingerprint density at radius 1 is 0.708 bits per heavy atom. The lowest BCUT2D eigenvalue weighted by Gasteiger charge is -2.10. The van der Waals surface area contributed by atoms with E-state index >= 15 is 0 Å². The molecule has 24 heavy (non-hydrogen) atoms. The number of carbonyl (C=O) groups excluding carboxylic acids is 2. The molecule has 0 N–H and O–H groups in total. The van der Waals surface area contributed by atoms with E-state index in [1.807, 2.05) is 6.92 Å². The Hall–Kier alpha value is -0.860. The van der Waals surface area contributed by atoms with Gasteiger partial charge in [0.15, 0.2) is 0 Å². The standard InChI is InChI=1S/C21H40O3/c1-4-6-8-10-12-14-16-18-20(22)24-21(23)19(3)17-15-13-11-9-7-5-2/h19H,4-18H2,1-3H3. The van der Waals surface area contributed by atoms with Gasteiger partial charge in [-0.05, 0) is 12.8 Å². The van der Waals surface area contributed by atoms with Gasteiger partial charge in [-0.2, -0.15) is 0 Å². The Balaban J connectivity index is 3.57. The van der Waals surface area contributed by atoms with E-state index in [4.69, 9.17) is 4.74 Å². The van der Waals surface area contributed by atoms with Gasteiger partial charge in [-0.3, -0.25) is 9.59 Å². The SMILES string of the molecule is CCCCCCCCCC(=O)OC(=O)C(C)CCCCCCCC. The molecule has 0 fully saturated rings. The van der Waals surface area contributed by atoms with E-state index in [1.54, 1.807) is 0 Å². The average molecular weight is 341 g/mol. The summed E-state index contributed by atoms with van der Waals surface area (Å²) in [7, 11) is 0. The summed E-state index contributed by atoms with van der Waals surface area (Å²) in [4.78, 5) is 23.6. The van der Waals surface area contributed by atoms with Gasteiger partial charge in [-0.25, -0.2) is 0 Å². The molecule has 0 aromatic rings. The van der Waals surface area contributed by atoms with Crippen molar-refractivity contribution in [2.24, 2.45) is 5.92 Å². The first-order valence-electron chi connectivity index (χ1n) is 10.4. The summed E-state index contributed by atoms with van der Waals surface area (Å²) < 4.78 is 4.98. The number of hydrogen-bond donors (Lipinski definition) is 0. The number of carbonyl (C=O) groups is 2. The van der Waals surface area contributed by atoms with Crippen molar-refractivity contribution >= 4 is 11.9 Å². The predicted octanol–water partition coefficient (Wildman–Crippen LogP) is 6.58. The molecule has 0 aromatic carbocycles. The third kappa shape index (κ3) is 14.7. The highest BCUT2D eigenvalue weighted by Crippen LogP contribution is 2.14. The van der Waals surface area contributed by atoms with Gasteiger partial charge in [-0.15, -0.1) is 0 Å². The molecule has 0 spiro atoms. The molecule has 0 bridgehead atoms. The number of rotatable bonds is 16. The lowest BCUT2D eigenvalue weighted by molar-refractivity contribution is -0.162. The second-order valence-electron chi connectivity index (χ2n) is 7.12. The van der Waals surface area contributed by atoms with E-state index in [1.165, 1.54) is 64.2 Å². The fourth-order valence-electron chi connectivity index (χ4n) is 2.84. The molecule has 3 heteroatoms. The van der Waals surface area contributed by atoms with Crippen LogP contribution in [-0.2, 0) is 14.3 Å². The second-order valence-corrected chi connectivity index (χ2v) is 7.12. The molecule has 0 aliphatic rings. The van der Waals surface area contributed by atoms with Crippen molar-refractivity contribution in [2.75, 3.05) is 0 Å². The molecule has 0 rings (SSSR count). The summed E-state index contributed by atoms with van der Waals surface area (Å²) in [6, 6.07) is 0. The van der Waals surface area contributed by atoms with Crippen LogP contribution in [0.2, 0.25) is 0 Å². The van der Waals surface area contributed by atoms with Gasteiger partial charge < -0.3 is 4.74 Å². The third-order valence-corrected chi connectivity index (χ3v) is 4.59. The second kappa shape index (κ2) is 17.0. The highest BCUT2D eigenvalue weighted by molar-refractivity contribution is 5.86. The predicted molar refractivity (Wildman–Crippen MR) is 101 cm³/mol. The molecule has 0 amide bonds. The molecule has 142 valence electrons. The van der Waals surface area contributed by atoms with Crippen LogP contribution >= 0.6 is 0 Å². The molecule has 0 aromatic heterocycles. The summed E-state index contributed by atoms with van der Waals surface area (Å²) in [6.45, 7) is 6.29. The third-order valence-electron chi connectivity index (χ3n) is 4.59. The molecule has 0 saturated heterocycles. The fourth-order valence-corrected chi connectivity index (χ4v) is 2.84. The molecule has 0 aliphatic carbocycles. The van der Waals surface area contributed by atoms with Crippen LogP contribution in [0.3, 0.4) is 0 Å². The monoisotopic (exact) mass is 340 g/mol. The van der Waals surface area contributed by atoms with E-state index in [0.29, 0.717) is 6.42 Å². The molecule has 3 nitrogen and oxygen atoms in total. The molecule has 1 atom stereocenters. The lowest BCUT2D eigenvalue weighted by atomic mass is 10.0. The van der Waals surface area contributed by atoms with Gasteiger partial charge in [0.1, 0.15) is 0 Å². The highest BCUT2D eigenvalue weighted by Gasteiger charge is 2.17. The Morgan fingerprint density at radius 2 is 1.17 bits per heavy atom. The zero-order valence-corrected chi connectivity index (χ0v) is 16.4. The van der Waals surface area contributed by atoms with Crippen molar-refractivity contribution in [1.82, 2.24) is 0 Å². The van der Waals surface area contributed by atoms with Crippen molar-refractivity contribution in [2.45, 2.75) is 117 Å². The zero-order chi connectivity index (χ0) is 18.0. The van der Waals surface area contributed by atoms with Crippen molar-refractivity contribution in [1.29, 1.82) is 0 Å². The summed E-state index contributed by atoms with van der Waals surface area (Å²) in [5, 5.41) is 0. The maximum absolute atomic E-state index is 11.9. The minimum atomic E-state index is -0.344. The van der Waals surface area contributed by atoms with Crippen LogP contribution in [0, 0.1) is 5.92 Å². The van der Waals surface area contributed by atoms with Crippen molar-refractivity contribution < 1.29 is 14.3 Å². The first kappa shape index (κ1) is 23.1. The summed E-state index contributed by atoms with van der Waals surface area (Å²) in [5.74, 6) is -0.839. The number of ether oxygens (including phenoxy) is 1. The van der Waals surface area contributed by atoms with Gasteiger partial charge in [0, 0.05) is 6.42 Å². The zero-order valence-electron chi connectivity index (χ0n) is 16.4. The van der Waals surface area contributed by atoms with Crippen LogP contribution in [0.25, 0.3) is 0 Å². The molecule has 1 unspecified atom stereocenters. The average Bonchev–Trinajstić information content (AvgIpc) is 2.56. The Bertz CT molecular complexity index is 312. The van der Waals surface area contributed by atoms with Crippen LogP contribution < -0.4 is 0 Å². The first-order valence-corrected chi connectivity index (χ1v) is 10.4. The van der Waals surface area contributed by atoms with Gasteiger partial charge in [0.25, 0.3) is 0 Å². The summed E-state index contributed by atoms with van der Waals surface area (Å²) >= 11 is 0. The summed E-state index contributed by atoms with van der Waals surface area (Å²) in [5.41, 5.74) is 0. The lowest BCUT2D eigenvalue weighted by Crippen LogP contribution is -2.19. The normalized spacial score (nSPS) is 12.1. The Morgan fingerprint density at radius 3 is 1.71 bits per heavy atom. The Kier molecular flexibility index (Phi) is 16.4. The van der Waals surface area contributed by atoms with Gasteiger partial charge in [0.05, 0.1) is 5.92 Å². The number of hydrogen-bond acceptors (Lipinski definition) is 3. The van der Waals surface area contributed by atoms with Crippen molar-refractivity contribution in [3.8, 4) is 0 Å². The smallest absolute Gasteiger partial charge is 0.316 e. The quantitative estimate of drug-likeness (QED) is 0.181. The van der Waals surface area contributed by atoms with Crippen molar-refractivity contribution in [3.05, 3.63) is 0 Å². The number of unbranched alkanes of at least 4 members (excludes halogenated alkanes) is 11. The number of esters is 2. The molecular formula is C21H40O3. The molecule has 0 radical (unpaired) electrons. The maximum atomic E-state index is 11.9. The van der Waals surface area contributed by atoms with E-state index in [-0.39, 0.29) is 17.9 Å². The molecule has 0 saturated carbocycles. The molecular weight excluding hydrogens is 300 g/mol. The summed E-state index contributed by atoms with van der Waals surface area (Å²) in [6.07, 6.45) is 16.7. The van der Waals surface area contributed by atoms with Gasteiger partial charge >= 0.3 is 11.9 Å². The maximum Gasteiger partial charge on any atom is 0.316 e. The minimum Gasteiger partial charge on any atom is -0.393 e. The van der Waals surface area contributed by atoms with Crippen LogP contribution in [0.1, 0.15) is 117 Å². The van der Waals surface area contributed by atoms with Crippen LogP contribution in [0.5, 0.6) is 0 Å². The molecule has 0 heterocycles.